The molecular formula is C23H14N6OS. The quantitative estimate of drug-likeness (QED) is 0.362. The van der Waals surface area contributed by atoms with Crippen molar-refractivity contribution in [1.29, 1.82) is 0 Å². The topological polar surface area (TPSA) is 82.5 Å². The van der Waals surface area contributed by atoms with E-state index in [1.807, 2.05) is 71.3 Å². The molecule has 0 saturated carbocycles. The van der Waals surface area contributed by atoms with E-state index in [2.05, 4.69) is 25.1 Å². The van der Waals surface area contributed by atoms with E-state index in [9.17, 15) is 0 Å². The Balaban J connectivity index is 1.53. The Morgan fingerprint density at radius 2 is 1.71 bits per heavy atom. The van der Waals surface area contributed by atoms with Gasteiger partial charge in [0.1, 0.15) is 17.4 Å². The minimum absolute atomic E-state index is 0.638. The molecule has 148 valence electrons. The second kappa shape index (κ2) is 7.33. The van der Waals surface area contributed by atoms with Crippen LogP contribution < -0.4 is 0 Å². The summed E-state index contributed by atoms with van der Waals surface area (Å²) >= 11 is 1.39. The van der Waals surface area contributed by atoms with Gasteiger partial charge in [-0.3, -0.25) is 9.55 Å². The number of fused-ring (bicyclic) bond motifs is 3. The number of furan rings is 1. The standard InChI is InChI=1S/C23H14N6OS/c1-2-8-16(9-3-1)29-21(15-7-6-12-24-13-15)27-28-23(29)31-22-20-19(25-14-26-22)17-10-4-5-11-18(17)30-20/h1-14H. The molecule has 0 aliphatic rings. The normalized spacial score (nSPS) is 11.4. The smallest absolute Gasteiger partial charge is 0.202 e. The van der Waals surface area contributed by atoms with Crippen molar-refractivity contribution in [3.05, 3.63) is 85.5 Å². The van der Waals surface area contributed by atoms with Gasteiger partial charge >= 0.3 is 0 Å². The monoisotopic (exact) mass is 422 g/mol. The van der Waals surface area contributed by atoms with Crippen LogP contribution in [0.3, 0.4) is 0 Å². The van der Waals surface area contributed by atoms with E-state index in [-0.39, 0.29) is 0 Å². The van der Waals surface area contributed by atoms with Gasteiger partial charge in [-0.2, -0.15) is 0 Å². The van der Waals surface area contributed by atoms with E-state index >= 15 is 0 Å². The van der Waals surface area contributed by atoms with Crippen LogP contribution in [0.1, 0.15) is 0 Å². The lowest BCUT2D eigenvalue weighted by Gasteiger charge is -2.09. The van der Waals surface area contributed by atoms with Crippen LogP contribution in [0.25, 0.3) is 39.1 Å². The van der Waals surface area contributed by atoms with Crippen LogP contribution in [0.15, 0.2) is 100 Å². The molecule has 0 bridgehead atoms. The summed E-state index contributed by atoms with van der Waals surface area (Å²) < 4.78 is 8.08. The third-order valence-electron chi connectivity index (χ3n) is 4.88. The predicted octanol–water partition coefficient (Wildman–Crippen LogP) is 5.17. The van der Waals surface area contributed by atoms with Crippen LogP contribution in [0.5, 0.6) is 0 Å². The van der Waals surface area contributed by atoms with Gasteiger partial charge in [0, 0.05) is 29.0 Å². The number of benzene rings is 2. The molecule has 0 amide bonds. The maximum atomic E-state index is 6.08. The lowest BCUT2D eigenvalue weighted by Crippen LogP contribution is -1.99. The summed E-state index contributed by atoms with van der Waals surface area (Å²) in [5, 5.41) is 11.2. The van der Waals surface area contributed by atoms with Crippen molar-refractivity contribution in [2.24, 2.45) is 0 Å². The van der Waals surface area contributed by atoms with Crippen molar-refractivity contribution < 1.29 is 4.42 Å². The van der Waals surface area contributed by atoms with Crippen LogP contribution in [0.4, 0.5) is 0 Å². The van der Waals surface area contributed by atoms with Crippen molar-refractivity contribution in [1.82, 2.24) is 29.7 Å². The van der Waals surface area contributed by atoms with Gasteiger partial charge < -0.3 is 4.42 Å². The summed E-state index contributed by atoms with van der Waals surface area (Å²) in [7, 11) is 0. The number of rotatable bonds is 4. The van der Waals surface area contributed by atoms with Crippen molar-refractivity contribution >= 4 is 33.8 Å². The third kappa shape index (κ3) is 3.04. The van der Waals surface area contributed by atoms with E-state index in [1.54, 1.807) is 18.7 Å². The van der Waals surface area contributed by atoms with Crippen LogP contribution in [-0.4, -0.2) is 29.7 Å². The van der Waals surface area contributed by atoms with Crippen LogP contribution in [-0.2, 0) is 0 Å². The lowest BCUT2D eigenvalue weighted by atomic mass is 10.2. The molecule has 0 saturated heterocycles. The highest BCUT2D eigenvalue weighted by molar-refractivity contribution is 7.99. The average Bonchev–Trinajstić information content (AvgIpc) is 3.42. The molecule has 0 unspecified atom stereocenters. The summed E-state index contributed by atoms with van der Waals surface area (Å²) in [5.74, 6) is 0.705. The molecule has 4 heterocycles. The Labute approximate surface area is 180 Å². The summed E-state index contributed by atoms with van der Waals surface area (Å²) in [6, 6.07) is 21.7. The SMILES string of the molecule is c1ccc(-n2c(Sc3ncnc4c3oc3ccccc34)nnc2-c2cccnc2)cc1. The molecule has 4 aromatic heterocycles. The lowest BCUT2D eigenvalue weighted by molar-refractivity contribution is 0.653. The molecule has 0 aliphatic heterocycles. The summed E-state index contributed by atoms with van der Waals surface area (Å²) in [6.45, 7) is 0. The highest BCUT2D eigenvalue weighted by Gasteiger charge is 2.20. The fourth-order valence-corrected chi connectivity index (χ4v) is 4.36. The average molecular weight is 422 g/mol. The summed E-state index contributed by atoms with van der Waals surface area (Å²) in [4.78, 5) is 13.1. The Morgan fingerprint density at radius 1 is 0.839 bits per heavy atom. The first-order valence-electron chi connectivity index (χ1n) is 9.60. The molecule has 7 nitrogen and oxygen atoms in total. The number of nitrogens with zero attached hydrogens (tertiary/aromatic N) is 6. The van der Waals surface area contributed by atoms with Gasteiger partial charge in [-0.05, 0) is 48.2 Å². The minimum Gasteiger partial charge on any atom is -0.451 e. The number of hydrogen-bond acceptors (Lipinski definition) is 7. The third-order valence-corrected chi connectivity index (χ3v) is 5.81. The fraction of sp³-hybridized carbons (Fsp3) is 0. The molecule has 0 aliphatic carbocycles. The molecule has 8 heteroatoms. The maximum absolute atomic E-state index is 6.08. The van der Waals surface area contributed by atoms with Crippen LogP contribution >= 0.6 is 11.8 Å². The second-order valence-corrected chi connectivity index (χ2v) is 7.73. The fourth-order valence-electron chi connectivity index (χ4n) is 3.49. The second-order valence-electron chi connectivity index (χ2n) is 6.78. The Kier molecular flexibility index (Phi) is 4.21. The van der Waals surface area contributed by atoms with E-state index in [0.717, 1.165) is 27.7 Å². The van der Waals surface area contributed by atoms with Crippen LogP contribution in [0, 0.1) is 0 Å². The molecule has 0 fully saturated rings. The van der Waals surface area contributed by atoms with Gasteiger partial charge in [0.15, 0.2) is 16.4 Å². The van der Waals surface area contributed by atoms with Crippen molar-refractivity contribution in [3.63, 3.8) is 0 Å². The molecule has 31 heavy (non-hydrogen) atoms. The van der Waals surface area contributed by atoms with Gasteiger partial charge in [0.05, 0.1) is 0 Å². The van der Waals surface area contributed by atoms with E-state index in [4.69, 9.17) is 4.42 Å². The molecule has 0 spiro atoms. The summed E-state index contributed by atoms with van der Waals surface area (Å²) in [6.07, 6.45) is 5.07. The molecular weight excluding hydrogens is 408 g/mol. The zero-order valence-corrected chi connectivity index (χ0v) is 16.9. The van der Waals surface area contributed by atoms with Crippen molar-refractivity contribution in [3.8, 4) is 17.1 Å². The highest BCUT2D eigenvalue weighted by atomic mass is 32.2. The number of para-hydroxylation sites is 2. The van der Waals surface area contributed by atoms with Gasteiger partial charge in [-0.25, -0.2) is 9.97 Å². The predicted molar refractivity (Wildman–Crippen MR) is 118 cm³/mol. The van der Waals surface area contributed by atoms with Gasteiger partial charge in [0.2, 0.25) is 5.16 Å². The largest absolute Gasteiger partial charge is 0.451 e. The van der Waals surface area contributed by atoms with E-state index in [1.165, 1.54) is 11.8 Å². The minimum atomic E-state index is 0.638. The number of aromatic nitrogens is 6. The Morgan fingerprint density at radius 3 is 2.58 bits per heavy atom. The number of hydrogen-bond donors (Lipinski definition) is 0. The van der Waals surface area contributed by atoms with Gasteiger partial charge in [-0.1, -0.05) is 30.3 Å². The zero-order valence-electron chi connectivity index (χ0n) is 16.1. The Hall–Kier alpha value is -4.04. The first-order chi connectivity index (χ1) is 15.4. The van der Waals surface area contributed by atoms with Crippen molar-refractivity contribution in [2.75, 3.05) is 0 Å². The number of pyridine rings is 1. The highest BCUT2D eigenvalue weighted by Crippen LogP contribution is 2.37. The molecule has 0 radical (unpaired) electrons. The Bertz CT molecular complexity index is 1510. The zero-order chi connectivity index (χ0) is 20.6. The van der Waals surface area contributed by atoms with Gasteiger partial charge in [0.25, 0.3) is 0 Å². The molecule has 6 aromatic rings. The molecule has 2 aromatic carbocycles. The van der Waals surface area contributed by atoms with Gasteiger partial charge in [-0.15, -0.1) is 10.2 Å². The molecule has 6 rings (SSSR count). The van der Waals surface area contributed by atoms with Crippen LogP contribution in [0.2, 0.25) is 0 Å². The van der Waals surface area contributed by atoms with Crippen molar-refractivity contribution in [2.45, 2.75) is 10.2 Å². The molecule has 0 atom stereocenters. The van der Waals surface area contributed by atoms with E-state index < -0.39 is 0 Å². The molecule has 0 N–H and O–H groups in total. The first-order valence-corrected chi connectivity index (χ1v) is 10.4. The first kappa shape index (κ1) is 17.8. The maximum Gasteiger partial charge on any atom is 0.202 e. The van der Waals surface area contributed by atoms with E-state index in [0.29, 0.717) is 21.6 Å². The summed E-state index contributed by atoms with van der Waals surface area (Å²) in [5.41, 5.74) is 4.03.